The van der Waals surface area contributed by atoms with Crippen LogP contribution in [0.4, 0.5) is 8.78 Å². The summed E-state index contributed by atoms with van der Waals surface area (Å²) in [5.74, 6) is 0. The van der Waals surface area contributed by atoms with Crippen molar-refractivity contribution in [1.29, 1.82) is 0 Å². The molecule has 0 amide bonds. The van der Waals surface area contributed by atoms with Crippen LogP contribution >= 0.6 is 11.3 Å². The van der Waals surface area contributed by atoms with Gasteiger partial charge in [-0.05, 0) is 11.4 Å². The fourth-order valence-corrected chi connectivity index (χ4v) is 1.32. The van der Waals surface area contributed by atoms with Crippen molar-refractivity contribution in [2.24, 2.45) is 0 Å². The van der Waals surface area contributed by atoms with Gasteiger partial charge in [-0.2, -0.15) is 0 Å². The normalized spacial score (nSPS) is 12.0. The summed E-state index contributed by atoms with van der Waals surface area (Å²) in [5, 5.41) is 1.79. The fourth-order valence-electron chi connectivity index (χ4n) is 0.610. The van der Waals surface area contributed by atoms with E-state index in [1.165, 1.54) is 11.3 Å². The highest BCUT2D eigenvalue weighted by molar-refractivity contribution is 7.11. The summed E-state index contributed by atoms with van der Waals surface area (Å²) in [6.07, 6.45) is 0.311. The predicted molar refractivity (Wildman–Crippen MR) is 39.4 cm³/mol. The quantitative estimate of drug-likeness (QED) is 0.623. The van der Waals surface area contributed by atoms with Gasteiger partial charge in [-0.15, -0.1) is 11.3 Å². The van der Waals surface area contributed by atoms with Gasteiger partial charge >= 0.3 is 0 Å². The maximum absolute atomic E-state index is 11.9. The first kappa shape index (κ1) is 7.41. The molecule has 0 aromatic carbocycles. The van der Waals surface area contributed by atoms with Crippen molar-refractivity contribution >= 4 is 16.9 Å². The minimum absolute atomic E-state index is 0.120. The SMILES string of the molecule is F/C=C(/CF)c1cccs1. The van der Waals surface area contributed by atoms with Crippen LogP contribution in [-0.2, 0) is 0 Å². The number of thiophene rings is 1. The van der Waals surface area contributed by atoms with Crippen LogP contribution in [0.1, 0.15) is 4.88 Å². The Morgan fingerprint density at radius 2 is 2.50 bits per heavy atom. The first-order chi connectivity index (χ1) is 4.88. The molecule has 1 rings (SSSR count). The van der Waals surface area contributed by atoms with Gasteiger partial charge in [-0.25, -0.2) is 8.78 Å². The Balaban J connectivity index is 2.85. The maximum atomic E-state index is 11.9. The third kappa shape index (κ3) is 1.42. The highest BCUT2D eigenvalue weighted by atomic mass is 32.1. The van der Waals surface area contributed by atoms with E-state index < -0.39 is 6.67 Å². The summed E-state index contributed by atoms with van der Waals surface area (Å²) in [5.41, 5.74) is 0.120. The fraction of sp³-hybridized carbons (Fsp3) is 0.143. The van der Waals surface area contributed by atoms with Gasteiger partial charge in [0.2, 0.25) is 0 Å². The molecule has 0 spiro atoms. The minimum Gasteiger partial charge on any atom is -0.246 e. The van der Waals surface area contributed by atoms with E-state index in [0.717, 1.165) is 0 Å². The van der Waals surface area contributed by atoms with Gasteiger partial charge in [0.05, 0.1) is 6.33 Å². The maximum Gasteiger partial charge on any atom is 0.118 e. The van der Waals surface area contributed by atoms with Gasteiger partial charge in [0.25, 0.3) is 0 Å². The second kappa shape index (κ2) is 3.46. The Hall–Kier alpha value is -0.700. The van der Waals surface area contributed by atoms with Crippen molar-refractivity contribution in [2.75, 3.05) is 6.67 Å². The van der Waals surface area contributed by atoms with E-state index in [2.05, 4.69) is 0 Å². The highest BCUT2D eigenvalue weighted by Crippen LogP contribution is 2.20. The molecular formula is C7H6F2S. The molecule has 0 saturated carbocycles. The Morgan fingerprint density at radius 1 is 1.70 bits per heavy atom. The van der Waals surface area contributed by atoms with Crippen LogP contribution in [0.25, 0.3) is 5.57 Å². The molecule has 0 atom stereocenters. The molecule has 54 valence electrons. The van der Waals surface area contributed by atoms with Crippen molar-refractivity contribution in [3.63, 3.8) is 0 Å². The summed E-state index contributed by atoms with van der Waals surface area (Å²) in [6, 6.07) is 3.45. The number of alkyl halides is 1. The van der Waals surface area contributed by atoms with Gasteiger partial charge in [-0.3, -0.25) is 0 Å². The van der Waals surface area contributed by atoms with Gasteiger partial charge in [0, 0.05) is 10.5 Å². The molecule has 0 aliphatic carbocycles. The van der Waals surface area contributed by atoms with Gasteiger partial charge < -0.3 is 0 Å². The Labute approximate surface area is 61.8 Å². The summed E-state index contributed by atoms with van der Waals surface area (Å²) < 4.78 is 23.7. The zero-order valence-corrected chi connectivity index (χ0v) is 6.00. The topological polar surface area (TPSA) is 0 Å². The molecule has 0 saturated heterocycles. The molecule has 1 heterocycles. The summed E-state index contributed by atoms with van der Waals surface area (Å²) in [4.78, 5) is 0.657. The molecule has 3 heteroatoms. The van der Waals surface area contributed by atoms with Crippen molar-refractivity contribution in [3.8, 4) is 0 Å². The average molecular weight is 160 g/mol. The van der Waals surface area contributed by atoms with E-state index in [9.17, 15) is 8.78 Å². The number of hydrogen-bond acceptors (Lipinski definition) is 1. The van der Waals surface area contributed by atoms with Gasteiger partial charge in [0.15, 0.2) is 0 Å². The predicted octanol–water partition coefficient (Wildman–Crippen LogP) is 3.03. The molecule has 0 fully saturated rings. The standard InChI is InChI=1S/C7H6F2S/c8-4-6(5-9)7-2-1-3-10-7/h1-4H,5H2/b6-4-. The summed E-state index contributed by atoms with van der Waals surface area (Å²) in [6.45, 7) is -0.739. The Kier molecular flexibility index (Phi) is 2.57. The molecule has 0 N–H and O–H groups in total. The van der Waals surface area contributed by atoms with Crippen molar-refractivity contribution in [2.45, 2.75) is 0 Å². The van der Waals surface area contributed by atoms with E-state index in [1.807, 2.05) is 0 Å². The van der Waals surface area contributed by atoms with Crippen LogP contribution in [-0.4, -0.2) is 6.67 Å². The Bertz CT molecular complexity index is 214. The lowest BCUT2D eigenvalue weighted by Crippen LogP contribution is -1.78. The number of halogens is 2. The molecule has 0 aliphatic rings. The third-order valence-electron chi connectivity index (χ3n) is 1.11. The molecule has 0 nitrogen and oxygen atoms in total. The van der Waals surface area contributed by atoms with Crippen LogP contribution in [0.5, 0.6) is 0 Å². The van der Waals surface area contributed by atoms with Gasteiger partial charge in [-0.1, -0.05) is 6.07 Å². The lowest BCUT2D eigenvalue weighted by atomic mass is 10.3. The molecule has 1 aromatic rings. The molecule has 1 aromatic heterocycles. The molecule has 0 radical (unpaired) electrons. The van der Waals surface area contributed by atoms with Crippen molar-refractivity contribution in [3.05, 3.63) is 28.7 Å². The van der Waals surface area contributed by atoms with Crippen LogP contribution in [0.15, 0.2) is 23.8 Å². The monoisotopic (exact) mass is 160 g/mol. The molecule has 0 bridgehead atoms. The third-order valence-corrected chi connectivity index (χ3v) is 2.06. The largest absolute Gasteiger partial charge is 0.246 e. The van der Waals surface area contributed by atoms with Crippen LogP contribution in [0.2, 0.25) is 0 Å². The van der Waals surface area contributed by atoms with Crippen molar-refractivity contribution < 1.29 is 8.78 Å². The summed E-state index contributed by atoms with van der Waals surface area (Å²) >= 11 is 1.33. The van der Waals surface area contributed by atoms with Gasteiger partial charge in [0.1, 0.15) is 6.67 Å². The molecule has 0 unspecified atom stereocenters. The molecular weight excluding hydrogens is 154 g/mol. The first-order valence-corrected chi connectivity index (χ1v) is 3.65. The number of rotatable bonds is 2. The van der Waals surface area contributed by atoms with E-state index in [-0.39, 0.29) is 5.57 Å². The molecule has 0 aliphatic heterocycles. The first-order valence-electron chi connectivity index (χ1n) is 2.77. The van der Waals surface area contributed by atoms with E-state index in [1.54, 1.807) is 17.5 Å². The second-order valence-corrected chi connectivity index (χ2v) is 2.69. The second-order valence-electron chi connectivity index (χ2n) is 1.75. The average Bonchev–Trinajstić information content (AvgIpc) is 2.43. The smallest absolute Gasteiger partial charge is 0.118 e. The number of allylic oxidation sites excluding steroid dienone is 1. The van der Waals surface area contributed by atoms with Crippen LogP contribution < -0.4 is 0 Å². The van der Waals surface area contributed by atoms with Crippen molar-refractivity contribution in [1.82, 2.24) is 0 Å². The van der Waals surface area contributed by atoms with E-state index >= 15 is 0 Å². The Morgan fingerprint density at radius 3 is 2.90 bits per heavy atom. The summed E-state index contributed by atoms with van der Waals surface area (Å²) in [7, 11) is 0. The van der Waals surface area contributed by atoms with E-state index in [0.29, 0.717) is 11.2 Å². The number of hydrogen-bond donors (Lipinski definition) is 0. The zero-order valence-electron chi connectivity index (χ0n) is 5.18. The molecule has 10 heavy (non-hydrogen) atoms. The zero-order chi connectivity index (χ0) is 7.40. The van der Waals surface area contributed by atoms with E-state index in [4.69, 9.17) is 0 Å². The highest BCUT2D eigenvalue weighted by Gasteiger charge is 2.00. The lowest BCUT2D eigenvalue weighted by molar-refractivity contribution is 0.566. The lowest BCUT2D eigenvalue weighted by Gasteiger charge is -1.92. The van der Waals surface area contributed by atoms with Crippen LogP contribution in [0, 0.1) is 0 Å². The van der Waals surface area contributed by atoms with Crippen LogP contribution in [0.3, 0.4) is 0 Å². The minimum atomic E-state index is -0.739.